The largest absolute Gasteiger partial charge is 0.481 e. The van der Waals surface area contributed by atoms with Gasteiger partial charge in [0.25, 0.3) is 0 Å². The van der Waals surface area contributed by atoms with Gasteiger partial charge in [0.1, 0.15) is 5.78 Å². The van der Waals surface area contributed by atoms with Gasteiger partial charge >= 0.3 is 5.97 Å². The lowest BCUT2D eigenvalue weighted by Gasteiger charge is -2.42. The first-order valence-corrected chi connectivity index (χ1v) is 4.93. The van der Waals surface area contributed by atoms with Gasteiger partial charge in [0, 0.05) is 25.4 Å². The maximum absolute atomic E-state index is 11.2. The number of ether oxygens (including phenoxy) is 1. The molecule has 78 valence electrons. The highest BCUT2D eigenvalue weighted by atomic mass is 16.5. The number of hydrogen-bond acceptors (Lipinski definition) is 3. The first-order chi connectivity index (χ1) is 6.56. The van der Waals surface area contributed by atoms with Gasteiger partial charge in [0.15, 0.2) is 0 Å². The molecule has 2 unspecified atom stereocenters. The van der Waals surface area contributed by atoms with Crippen LogP contribution >= 0.6 is 0 Å². The van der Waals surface area contributed by atoms with E-state index in [0.29, 0.717) is 6.61 Å². The fraction of sp³-hybridized carbons (Fsp3) is 0.800. The number of carbonyl (C=O) groups is 2. The molecule has 0 spiro atoms. The third-order valence-corrected chi connectivity index (χ3v) is 3.54. The monoisotopic (exact) mass is 198 g/mol. The van der Waals surface area contributed by atoms with Crippen molar-refractivity contribution in [1.82, 2.24) is 0 Å². The van der Waals surface area contributed by atoms with Gasteiger partial charge in [-0.15, -0.1) is 0 Å². The second-order valence-electron chi connectivity index (χ2n) is 4.32. The van der Waals surface area contributed by atoms with Crippen LogP contribution in [0.25, 0.3) is 0 Å². The Morgan fingerprint density at radius 2 is 2.21 bits per heavy atom. The van der Waals surface area contributed by atoms with Crippen molar-refractivity contribution in [1.29, 1.82) is 0 Å². The lowest BCUT2D eigenvalue weighted by atomic mass is 9.58. The summed E-state index contributed by atoms with van der Waals surface area (Å²) >= 11 is 0. The number of ketones is 1. The molecule has 1 heterocycles. The summed E-state index contributed by atoms with van der Waals surface area (Å²) in [6.45, 7) is 2.51. The molecule has 0 aromatic heterocycles. The van der Waals surface area contributed by atoms with E-state index in [1.54, 1.807) is 0 Å². The molecule has 0 bridgehead atoms. The van der Waals surface area contributed by atoms with Crippen LogP contribution < -0.4 is 0 Å². The van der Waals surface area contributed by atoms with Gasteiger partial charge in [-0.3, -0.25) is 9.59 Å². The molecule has 0 radical (unpaired) electrons. The zero-order valence-electron chi connectivity index (χ0n) is 8.16. The van der Waals surface area contributed by atoms with Crippen LogP contribution in [0.4, 0.5) is 0 Å². The minimum absolute atomic E-state index is 0.0118. The number of carboxylic acid groups (broad SMARTS) is 1. The zero-order valence-corrected chi connectivity index (χ0v) is 8.16. The van der Waals surface area contributed by atoms with Crippen molar-refractivity contribution in [2.24, 2.45) is 11.3 Å². The standard InChI is InChI=1S/C10H14O4/c1-6-8(2-3-14-6)10(9(12)13)4-7(11)5-10/h6,8H,2-5H2,1H3,(H,12,13). The van der Waals surface area contributed by atoms with Gasteiger partial charge in [-0.05, 0) is 13.3 Å². The minimum atomic E-state index is -0.834. The quantitative estimate of drug-likeness (QED) is 0.714. The Labute approximate surface area is 82.2 Å². The molecular weight excluding hydrogens is 184 g/mol. The summed E-state index contributed by atoms with van der Waals surface area (Å²) in [5, 5.41) is 9.17. The van der Waals surface area contributed by atoms with Gasteiger partial charge in [-0.1, -0.05) is 0 Å². The van der Waals surface area contributed by atoms with E-state index >= 15 is 0 Å². The lowest BCUT2D eigenvalue weighted by molar-refractivity contribution is -0.167. The summed E-state index contributed by atoms with van der Waals surface area (Å²) < 4.78 is 5.36. The number of rotatable bonds is 2. The average molecular weight is 198 g/mol. The predicted molar refractivity (Wildman–Crippen MR) is 47.8 cm³/mol. The Kier molecular flexibility index (Phi) is 2.10. The fourth-order valence-corrected chi connectivity index (χ4v) is 2.68. The summed E-state index contributed by atoms with van der Waals surface area (Å²) in [7, 11) is 0. The molecule has 4 heteroatoms. The highest BCUT2D eigenvalue weighted by molar-refractivity contribution is 5.97. The van der Waals surface area contributed by atoms with Crippen molar-refractivity contribution in [3.05, 3.63) is 0 Å². The maximum Gasteiger partial charge on any atom is 0.310 e. The van der Waals surface area contributed by atoms with Gasteiger partial charge in [-0.2, -0.15) is 0 Å². The predicted octanol–water partition coefficient (Wildman–Crippen LogP) is 0.845. The number of hydrogen-bond donors (Lipinski definition) is 1. The number of aliphatic carboxylic acids is 1. The molecule has 0 amide bonds. The molecule has 2 fully saturated rings. The van der Waals surface area contributed by atoms with E-state index < -0.39 is 11.4 Å². The Morgan fingerprint density at radius 1 is 1.57 bits per heavy atom. The van der Waals surface area contributed by atoms with Crippen molar-refractivity contribution < 1.29 is 19.4 Å². The van der Waals surface area contributed by atoms with Crippen molar-refractivity contribution in [2.75, 3.05) is 6.61 Å². The van der Waals surface area contributed by atoms with Crippen LogP contribution in [-0.4, -0.2) is 29.6 Å². The van der Waals surface area contributed by atoms with E-state index in [9.17, 15) is 14.7 Å². The second-order valence-corrected chi connectivity index (χ2v) is 4.32. The van der Waals surface area contributed by atoms with Crippen molar-refractivity contribution in [2.45, 2.75) is 32.3 Å². The van der Waals surface area contributed by atoms with Crippen molar-refractivity contribution in [3.8, 4) is 0 Å². The molecule has 2 aliphatic rings. The van der Waals surface area contributed by atoms with E-state index in [2.05, 4.69) is 0 Å². The Hall–Kier alpha value is -0.900. The van der Waals surface area contributed by atoms with Crippen LogP contribution in [0.5, 0.6) is 0 Å². The molecule has 1 aliphatic carbocycles. The van der Waals surface area contributed by atoms with Crippen molar-refractivity contribution >= 4 is 11.8 Å². The first-order valence-electron chi connectivity index (χ1n) is 4.93. The van der Waals surface area contributed by atoms with E-state index in [0.717, 1.165) is 6.42 Å². The summed E-state index contributed by atoms with van der Waals surface area (Å²) in [6, 6.07) is 0. The van der Waals surface area contributed by atoms with Crippen LogP contribution in [0.2, 0.25) is 0 Å². The van der Waals surface area contributed by atoms with Crippen LogP contribution in [0.1, 0.15) is 26.2 Å². The molecule has 0 aromatic carbocycles. The van der Waals surface area contributed by atoms with Crippen molar-refractivity contribution in [3.63, 3.8) is 0 Å². The summed E-state index contributed by atoms with van der Waals surface area (Å²) in [5.41, 5.74) is -0.812. The second kappa shape index (κ2) is 3.05. The molecule has 2 rings (SSSR count). The molecular formula is C10H14O4. The Morgan fingerprint density at radius 3 is 2.57 bits per heavy atom. The highest BCUT2D eigenvalue weighted by Gasteiger charge is 2.57. The number of Topliss-reactive ketones (excluding diaryl/α,β-unsaturated/α-hetero) is 1. The highest BCUT2D eigenvalue weighted by Crippen LogP contribution is 2.50. The topological polar surface area (TPSA) is 63.6 Å². The Balaban J connectivity index is 2.19. The first kappa shape index (κ1) is 9.65. The molecule has 1 saturated carbocycles. The molecule has 1 aliphatic heterocycles. The molecule has 1 N–H and O–H groups in total. The minimum Gasteiger partial charge on any atom is -0.481 e. The van der Waals surface area contributed by atoms with Crippen LogP contribution in [-0.2, 0) is 14.3 Å². The summed E-state index contributed by atoms with van der Waals surface area (Å²) in [5.74, 6) is -0.761. The summed E-state index contributed by atoms with van der Waals surface area (Å²) in [4.78, 5) is 22.2. The maximum atomic E-state index is 11.2. The third kappa shape index (κ3) is 1.17. The van der Waals surface area contributed by atoms with E-state index in [1.807, 2.05) is 6.92 Å². The van der Waals surface area contributed by atoms with E-state index in [-0.39, 0.29) is 30.6 Å². The molecule has 0 aromatic rings. The summed E-state index contributed by atoms with van der Waals surface area (Å²) in [6.07, 6.45) is 1.13. The van der Waals surface area contributed by atoms with E-state index in [4.69, 9.17) is 4.74 Å². The zero-order chi connectivity index (χ0) is 10.3. The SMILES string of the molecule is CC1OCCC1C1(C(=O)O)CC(=O)C1. The molecule has 2 atom stereocenters. The normalized spacial score (nSPS) is 35.4. The van der Waals surface area contributed by atoms with Crippen LogP contribution in [0, 0.1) is 11.3 Å². The van der Waals surface area contributed by atoms with E-state index in [1.165, 1.54) is 0 Å². The fourth-order valence-electron chi connectivity index (χ4n) is 2.68. The van der Waals surface area contributed by atoms with Gasteiger partial charge in [-0.25, -0.2) is 0 Å². The molecule has 14 heavy (non-hydrogen) atoms. The van der Waals surface area contributed by atoms with Gasteiger partial charge in [0.2, 0.25) is 0 Å². The molecule has 4 nitrogen and oxygen atoms in total. The van der Waals surface area contributed by atoms with Crippen LogP contribution in [0.15, 0.2) is 0 Å². The number of carboxylic acids is 1. The molecule has 1 saturated heterocycles. The Bertz CT molecular complexity index is 276. The average Bonchev–Trinajstić information content (AvgIpc) is 2.45. The van der Waals surface area contributed by atoms with Gasteiger partial charge in [0.05, 0.1) is 11.5 Å². The number of carbonyl (C=O) groups excluding carboxylic acids is 1. The lowest BCUT2D eigenvalue weighted by Crippen LogP contribution is -2.51. The van der Waals surface area contributed by atoms with Crippen LogP contribution in [0.3, 0.4) is 0 Å². The third-order valence-electron chi connectivity index (χ3n) is 3.54. The van der Waals surface area contributed by atoms with Gasteiger partial charge < -0.3 is 9.84 Å². The smallest absolute Gasteiger partial charge is 0.310 e.